The Morgan fingerprint density at radius 2 is 1.94 bits per heavy atom. The van der Waals surface area contributed by atoms with E-state index in [9.17, 15) is 4.39 Å². The zero-order valence-electron chi connectivity index (χ0n) is 9.61. The second-order valence-corrected chi connectivity index (χ2v) is 3.91. The van der Waals surface area contributed by atoms with E-state index in [4.69, 9.17) is 10.5 Å². The number of hydrogen-bond donors (Lipinski definition) is 1. The second-order valence-electron chi connectivity index (χ2n) is 3.91. The van der Waals surface area contributed by atoms with Gasteiger partial charge in [0.1, 0.15) is 18.2 Å². The molecule has 0 atom stereocenters. The van der Waals surface area contributed by atoms with Crippen molar-refractivity contribution >= 4 is 5.69 Å². The number of rotatable bonds is 3. The third-order valence-electron chi connectivity index (χ3n) is 2.57. The van der Waals surface area contributed by atoms with Gasteiger partial charge in [-0.05, 0) is 36.2 Å². The Kier molecular flexibility index (Phi) is 3.28. The molecule has 2 N–H and O–H groups in total. The maximum absolute atomic E-state index is 13.0. The van der Waals surface area contributed by atoms with Gasteiger partial charge < -0.3 is 10.5 Å². The summed E-state index contributed by atoms with van der Waals surface area (Å²) in [4.78, 5) is 0. The molecule has 0 fully saturated rings. The molecule has 0 saturated carbocycles. The fraction of sp³-hybridized carbons (Fsp3) is 0.143. The minimum absolute atomic E-state index is 0.261. The van der Waals surface area contributed by atoms with Gasteiger partial charge in [0.15, 0.2) is 0 Å². The molecule has 17 heavy (non-hydrogen) atoms. The third-order valence-corrected chi connectivity index (χ3v) is 2.57. The first-order chi connectivity index (χ1) is 8.16. The number of halogens is 1. The zero-order chi connectivity index (χ0) is 12.3. The summed E-state index contributed by atoms with van der Waals surface area (Å²) in [7, 11) is 0. The maximum atomic E-state index is 13.0. The predicted molar refractivity (Wildman–Crippen MR) is 66.3 cm³/mol. The molecule has 0 heterocycles. The van der Waals surface area contributed by atoms with Crippen molar-refractivity contribution < 1.29 is 9.13 Å². The van der Waals surface area contributed by atoms with Gasteiger partial charge in [-0.25, -0.2) is 4.39 Å². The summed E-state index contributed by atoms with van der Waals surface area (Å²) < 4.78 is 18.5. The molecule has 0 amide bonds. The first kappa shape index (κ1) is 11.5. The van der Waals surface area contributed by atoms with Crippen LogP contribution in [-0.2, 0) is 6.61 Å². The average Bonchev–Trinajstić information content (AvgIpc) is 2.31. The number of ether oxygens (including phenoxy) is 1. The standard InChI is InChI=1S/C14H14FNO/c1-10-4-2-7-13(14(10)16)17-9-11-5-3-6-12(15)8-11/h2-8H,9,16H2,1H3. The highest BCUT2D eigenvalue weighted by Crippen LogP contribution is 2.25. The number of anilines is 1. The van der Waals surface area contributed by atoms with E-state index in [1.165, 1.54) is 12.1 Å². The number of nitrogens with two attached hydrogens (primary N) is 1. The summed E-state index contributed by atoms with van der Waals surface area (Å²) in [6.45, 7) is 2.23. The quantitative estimate of drug-likeness (QED) is 0.822. The van der Waals surface area contributed by atoms with E-state index >= 15 is 0 Å². The Balaban J connectivity index is 2.10. The molecule has 2 nitrogen and oxygen atoms in total. The molecular formula is C14H14FNO. The largest absolute Gasteiger partial charge is 0.487 e. The highest BCUT2D eigenvalue weighted by atomic mass is 19.1. The lowest BCUT2D eigenvalue weighted by Crippen LogP contribution is -2.00. The van der Waals surface area contributed by atoms with Gasteiger partial charge in [0, 0.05) is 0 Å². The Bertz CT molecular complexity index is 525. The van der Waals surface area contributed by atoms with Crippen LogP contribution < -0.4 is 10.5 Å². The summed E-state index contributed by atoms with van der Waals surface area (Å²) in [6.07, 6.45) is 0. The lowest BCUT2D eigenvalue weighted by molar-refractivity contribution is 0.307. The van der Waals surface area contributed by atoms with E-state index in [-0.39, 0.29) is 5.82 Å². The minimum Gasteiger partial charge on any atom is -0.487 e. The molecule has 2 aromatic rings. The molecular weight excluding hydrogens is 217 g/mol. The zero-order valence-corrected chi connectivity index (χ0v) is 9.61. The molecule has 0 aliphatic rings. The van der Waals surface area contributed by atoms with Gasteiger partial charge in [-0.15, -0.1) is 0 Å². The monoisotopic (exact) mass is 231 g/mol. The Hall–Kier alpha value is -2.03. The lowest BCUT2D eigenvalue weighted by atomic mass is 10.2. The van der Waals surface area contributed by atoms with Crippen molar-refractivity contribution in [1.29, 1.82) is 0 Å². The van der Waals surface area contributed by atoms with E-state index in [0.29, 0.717) is 18.0 Å². The van der Waals surface area contributed by atoms with E-state index < -0.39 is 0 Å². The molecule has 0 radical (unpaired) electrons. The topological polar surface area (TPSA) is 35.2 Å². The van der Waals surface area contributed by atoms with Gasteiger partial charge in [0.05, 0.1) is 5.69 Å². The van der Waals surface area contributed by atoms with Crippen LogP contribution in [0.25, 0.3) is 0 Å². The first-order valence-corrected chi connectivity index (χ1v) is 5.39. The van der Waals surface area contributed by atoms with Crippen molar-refractivity contribution in [3.63, 3.8) is 0 Å². The lowest BCUT2D eigenvalue weighted by Gasteiger charge is -2.10. The predicted octanol–water partition coefficient (Wildman–Crippen LogP) is 3.30. The minimum atomic E-state index is -0.261. The molecule has 0 aliphatic heterocycles. The molecule has 0 saturated heterocycles. The van der Waals surface area contributed by atoms with Crippen molar-refractivity contribution in [3.05, 3.63) is 59.4 Å². The Morgan fingerprint density at radius 3 is 2.71 bits per heavy atom. The van der Waals surface area contributed by atoms with Crippen molar-refractivity contribution in [2.45, 2.75) is 13.5 Å². The number of para-hydroxylation sites is 1. The third kappa shape index (κ3) is 2.75. The molecule has 3 heteroatoms. The molecule has 0 spiro atoms. The Labute approximate surface area is 99.8 Å². The van der Waals surface area contributed by atoms with Crippen LogP contribution in [0, 0.1) is 12.7 Å². The van der Waals surface area contributed by atoms with Crippen LogP contribution >= 0.6 is 0 Å². The van der Waals surface area contributed by atoms with Crippen LogP contribution in [0.15, 0.2) is 42.5 Å². The van der Waals surface area contributed by atoms with E-state index in [1.807, 2.05) is 31.2 Å². The van der Waals surface area contributed by atoms with Crippen LogP contribution in [0.1, 0.15) is 11.1 Å². The molecule has 2 rings (SSSR count). The van der Waals surface area contributed by atoms with Crippen LogP contribution in [-0.4, -0.2) is 0 Å². The Morgan fingerprint density at radius 1 is 1.18 bits per heavy atom. The SMILES string of the molecule is Cc1cccc(OCc2cccc(F)c2)c1N. The molecule has 0 bridgehead atoms. The molecule has 0 aromatic heterocycles. The van der Waals surface area contributed by atoms with Gasteiger partial charge in [-0.1, -0.05) is 24.3 Å². The van der Waals surface area contributed by atoms with E-state index in [2.05, 4.69) is 0 Å². The van der Waals surface area contributed by atoms with Gasteiger partial charge in [-0.2, -0.15) is 0 Å². The summed E-state index contributed by atoms with van der Waals surface area (Å²) in [6, 6.07) is 11.9. The molecule has 0 unspecified atom stereocenters. The number of nitrogen functional groups attached to an aromatic ring is 1. The highest BCUT2D eigenvalue weighted by Gasteiger charge is 2.03. The van der Waals surface area contributed by atoms with Crippen molar-refractivity contribution in [3.8, 4) is 5.75 Å². The fourth-order valence-corrected chi connectivity index (χ4v) is 1.57. The molecule has 0 aliphatic carbocycles. The summed E-state index contributed by atoms with van der Waals surface area (Å²) in [5.41, 5.74) is 8.26. The maximum Gasteiger partial charge on any atom is 0.142 e. The average molecular weight is 231 g/mol. The number of aryl methyl sites for hydroxylation is 1. The summed E-state index contributed by atoms with van der Waals surface area (Å²) >= 11 is 0. The summed E-state index contributed by atoms with van der Waals surface area (Å²) in [5.74, 6) is 0.373. The van der Waals surface area contributed by atoms with E-state index in [1.54, 1.807) is 6.07 Å². The van der Waals surface area contributed by atoms with Crippen LogP contribution in [0.5, 0.6) is 5.75 Å². The van der Waals surface area contributed by atoms with Crippen molar-refractivity contribution in [2.24, 2.45) is 0 Å². The van der Waals surface area contributed by atoms with E-state index in [0.717, 1.165) is 11.1 Å². The second kappa shape index (κ2) is 4.87. The van der Waals surface area contributed by atoms with Gasteiger partial charge in [0.25, 0.3) is 0 Å². The number of benzene rings is 2. The van der Waals surface area contributed by atoms with Gasteiger partial charge in [0.2, 0.25) is 0 Å². The molecule has 2 aromatic carbocycles. The van der Waals surface area contributed by atoms with Crippen molar-refractivity contribution in [2.75, 3.05) is 5.73 Å². The van der Waals surface area contributed by atoms with Crippen molar-refractivity contribution in [1.82, 2.24) is 0 Å². The van der Waals surface area contributed by atoms with Crippen LogP contribution in [0.3, 0.4) is 0 Å². The van der Waals surface area contributed by atoms with Crippen LogP contribution in [0.4, 0.5) is 10.1 Å². The number of hydrogen-bond acceptors (Lipinski definition) is 2. The normalized spacial score (nSPS) is 10.2. The van der Waals surface area contributed by atoms with Gasteiger partial charge in [-0.3, -0.25) is 0 Å². The highest BCUT2D eigenvalue weighted by molar-refractivity contribution is 5.57. The first-order valence-electron chi connectivity index (χ1n) is 5.39. The van der Waals surface area contributed by atoms with Gasteiger partial charge >= 0.3 is 0 Å². The van der Waals surface area contributed by atoms with Crippen LogP contribution in [0.2, 0.25) is 0 Å². The smallest absolute Gasteiger partial charge is 0.142 e. The summed E-state index contributed by atoms with van der Waals surface area (Å²) in [5, 5.41) is 0. The fourth-order valence-electron chi connectivity index (χ4n) is 1.57. The molecule has 88 valence electrons.